The number of nitrogens with zero attached hydrogens (tertiary/aromatic N) is 2. The van der Waals surface area contributed by atoms with Gasteiger partial charge in [0.25, 0.3) is 0 Å². The standard InChI is InChI=1S/C7H7ClN2O3/c1-12-6-4(7(11)13-2)3-5(8)9-10-6/h3H,1-2H3. The summed E-state index contributed by atoms with van der Waals surface area (Å²) in [7, 11) is 2.64. The van der Waals surface area contributed by atoms with Gasteiger partial charge in [-0.05, 0) is 6.07 Å². The maximum Gasteiger partial charge on any atom is 0.343 e. The maximum absolute atomic E-state index is 11.1. The van der Waals surface area contributed by atoms with E-state index in [9.17, 15) is 4.79 Å². The van der Waals surface area contributed by atoms with E-state index in [-0.39, 0.29) is 16.6 Å². The molecule has 0 aromatic carbocycles. The lowest BCUT2D eigenvalue weighted by atomic mass is 10.3. The Morgan fingerprint density at radius 3 is 2.69 bits per heavy atom. The smallest absolute Gasteiger partial charge is 0.343 e. The van der Waals surface area contributed by atoms with E-state index in [1.165, 1.54) is 20.3 Å². The minimum Gasteiger partial charge on any atom is -0.479 e. The van der Waals surface area contributed by atoms with Crippen molar-refractivity contribution in [2.24, 2.45) is 0 Å². The number of methoxy groups -OCH3 is 2. The minimum atomic E-state index is -0.561. The third-order valence-corrected chi connectivity index (χ3v) is 1.51. The summed E-state index contributed by atoms with van der Waals surface area (Å²) in [4.78, 5) is 11.1. The summed E-state index contributed by atoms with van der Waals surface area (Å²) in [5.74, 6) is -0.468. The van der Waals surface area contributed by atoms with E-state index in [0.29, 0.717) is 0 Å². The zero-order valence-electron chi connectivity index (χ0n) is 7.07. The third kappa shape index (κ3) is 2.06. The molecule has 1 rings (SSSR count). The van der Waals surface area contributed by atoms with Crippen molar-refractivity contribution in [1.29, 1.82) is 0 Å². The molecule has 0 spiro atoms. The number of rotatable bonds is 2. The zero-order chi connectivity index (χ0) is 9.84. The van der Waals surface area contributed by atoms with Gasteiger partial charge in [0, 0.05) is 0 Å². The predicted octanol–water partition coefficient (Wildman–Crippen LogP) is 0.925. The summed E-state index contributed by atoms with van der Waals surface area (Å²) in [6.07, 6.45) is 0. The molecule has 0 atom stereocenters. The molecular formula is C7H7ClN2O3. The summed E-state index contributed by atoms with van der Waals surface area (Å²) in [6.45, 7) is 0. The number of carbonyl (C=O) groups is 1. The van der Waals surface area contributed by atoms with Crippen molar-refractivity contribution in [2.75, 3.05) is 14.2 Å². The molecule has 1 heterocycles. The predicted molar refractivity (Wildman–Crippen MR) is 44.9 cm³/mol. The van der Waals surface area contributed by atoms with E-state index < -0.39 is 5.97 Å². The molecule has 0 aliphatic carbocycles. The molecule has 0 aliphatic heterocycles. The van der Waals surface area contributed by atoms with Gasteiger partial charge in [-0.3, -0.25) is 0 Å². The van der Waals surface area contributed by atoms with Gasteiger partial charge in [-0.2, -0.15) is 0 Å². The van der Waals surface area contributed by atoms with Crippen molar-refractivity contribution in [3.05, 3.63) is 16.8 Å². The molecule has 0 unspecified atom stereocenters. The number of halogens is 1. The van der Waals surface area contributed by atoms with Crippen molar-refractivity contribution in [3.63, 3.8) is 0 Å². The van der Waals surface area contributed by atoms with Gasteiger partial charge >= 0.3 is 5.97 Å². The van der Waals surface area contributed by atoms with E-state index in [1.807, 2.05) is 0 Å². The Balaban J connectivity index is 3.15. The molecule has 0 radical (unpaired) electrons. The first kappa shape index (κ1) is 9.73. The highest BCUT2D eigenvalue weighted by molar-refractivity contribution is 6.29. The molecule has 0 fully saturated rings. The Hall–Kier alpha value is -1.36. The number of aromatic nitrogens is 2. The van der Waals surface area contributed by atoms with Gasteiger partial charge in [0.05, 0.1) is 14.2 Å². The van der Waals surface area contributed by atoms with Gasteiger partial charge in [-0.15, -0.1) is 10.2 Å². The Morgan fingerprint density at radius 2 is 2.15 bits per heavy atom. The molecule has 5 nitrogen and oxygen atoms in total. The number of carbonyl (C=O) groups excluding carboxylic acids is 1. The van der Waals surface area contributed by atoms with Crippen LogP contribution in [0.1, 0.15) is 10.4 Å². The molecular weight excluding hydrogens is 196 g/mol. The second kappa shape index (κ2) is 4.04. The molecule has 1 aromatic heterocycles. The van der Waals surface area contributed by atoms with Crippen LogP contribution in [0.2, 0.25) is 5.15 Å². The maximum atomic E-state index is 11.1. The van der Waals surface area contributed by atoms with Crippen LogP contribution in [0.3, 0.4) is 0 Å². The fourth-order valence-corrected chi connectivity index (χ4v) is 0.911. The van der Waals surface area contributed by atoms with Crippen LogP contribution in [0.25, 0.3) is 0 Å². The van der Waals surface area contributed by atoms with Gasteiger partial charge in [-0.25, -0.2) is 4.79 Å². The summed E-state index contributed by atoms with van der Waals surface area (Å²) in [5.41, 5.74) is 0.157. The van der Waals surface area contributed by atoms with E-state index in [4.69, 9.17) is 16.3 Å². The second-order valence-electron chi connectivity index (χ2n) is 2.08. The molecule has 0 N–H and O–H groups in total. The van der Waals surface area contributed by atoms with Crippen molar-refractivity contribution in [3.8, 4) is 5.88 Å². The van der Waals surface area contributed by atoms with E-state index in [1.54, 1.807) is 0 Å². The highest BCUT2D eigenvalue weighted by Gasteiger charge is 2.15. The van der Waals surface area contributed by atoms with Gasteiger partial charge in [0.2, 0.25) is 5.88 Å². The average molecular weight is 203 g/mol. The van der Waals surface area contributed by atoms with Crippen LogP contribution in [0.15, 0.2) is 6.07 Å². The average Bonchev–Trinajstić information content (AvgIpc) is 2.16. The summed E-state index contributed by atoms with van der Waals surface area (Å²) in [5, 5.41) is 7.18. The number of hydrogen-bond donors (Lipinski definition) is 0. The van der Waals surface area contributed by atoms with Crippen LogP contribution in [-0.2, 0) is 4.74 Å². The van der Waals surface area contributed by atoms with Crippen molar-refractivity contribution in [1.82, 2.24) is 10.2 Å². The molecule has 0 saturated heterocycles. The van der Waals surface area contributed by atoms with Crippen LogP contribution in [0, 0.1) is 0 Å². The largest absolute Gasteiger partial charge is 0.479 e. The molecule has 6 heteroatoms. The lowest BCUT2D eigenvalue weighted by Gasteiger charge is -2.03. The molecule has 0 saturated carbocycles. The SMILES string of the molecule is COC(=O)c1cc(Cl)nnc1OC. The Morgan fingerprint density at radius 1 is 1.46 bits per heavy atom. The number of hydrogen-bond acceptors (Lipinski definition) is 5. The molecule has 70 valence electrons. The lowest BCUT2D eigenvalue weighted by Crippen LogP contribution is -2.06. The monoisotopic (exact) mass is 202 g/mol. The molecule has 13 heavy (non-hydrogen) atoms. The van der Waals surface area contributed by atoms with E-state index in [2.05, 4.69) is 14.9 Å². The van der Waals surface area contributed by atoms with Gasteiger partial charge in [0.1, 0.15) is 5.56 Å². The second-order valence-corrected chi connectivity index (χ2v) is 2.47. The fraction of sp³-hybridized carbons (Fsp3) is 0.286. The first-order valence-electron chi connectivity index (χ1n) is 3.34. The first-order chi connectivity index (χ1) is 6.19. The Labute approximate surface area is 79.6 Å². The first-order valence-corrected chi connectivity index (χ1v) is 3.72. The van der Waals surface area contributed by atoms with Crippen LogP contribution >= 0.6 is 11.6 Å². The van der Waals surface area contributed by atoms with Crippen molar-refractivity contribution in [2.45, 2.75) is 0 Å². The van der Waals surface area contributed by atoms with Crippen molar-refractivity contribution < 1.29 is 14.3 Å². The summed E-state index contributed by atoms with van der Waals surface area (Å²) >= 11 is 5.54. The highest BCUT2D eigenvalue weighted by atomic mass is 35.5. The van der Waals surface area contributed by atoms with Crippen LogP contribution in [-0.4, -0.2) is 30.4 Å². The lowest BCUT2D eigenvalue weighted by molar-refractivity contribution is 0.0595. The molecule has 0 aliphatic rings. The molecule has 1 aromatic rings. The van der Waals surface area contributed by atoms with Crippen molar-refractivity contribution >= 4 is 17.6 Å². The summed E-state index contributed by atoms with van der Waals surface area (Å²) in [6, 6.07) is 1.33. The topological polar surface area (TPSA) is 61.3 Å². The van der Waals surface area contributed by atoms with Gasteiger partial charge in [-0.1, -0.05) is 11.6 Å². The third-order valence-electron chi connectivity index (χ3n) is 1.33. The minimum absolute atomic E-state index is 0.0938. The van der Waals surface area contributed by atoms with Crippen LogP contribution < -0.4 is 4.74 Å². The van der Waals surface area contributed by atoms with E-state index in [0.717, 1.165) is 0 Å². The van der Waals surface area contributed by atoms with E-state index >= 15 is 0 Å². The van der Waals surface area contributed by atoms with Gasteiger partial charge in [0.15, 0.2) is 5.15 Å². The normalized spacial score (nSPS) is 9.46. The Kier molecular flexibility index (Phi) is 3.02. The highest BCUT2D eigenvalue weighted by Crippen LogP contribution is 2.17. The van der Waals surface area contributed by atoms with Crippen LogP contribution in [0.5, 0.6) is 5.88 Å². The molecule has 0 bridgehead atoms. The Bertz CT molecular complexity index is 330. The van der Waals surface area contributed by atoms with Gasteiger partial charge < -0.3 is 9.47 Å². The number of ether oxygens (including phenoxy) is 2. The van der Waals surface area contributed by atoms with Crippen LogP contribution in [0.4, 0.5) is 0 Å². The summed E-state index contributed by atoms with van der Waals surface area (Å²) < 4.78 is 9.28. The zero-order valence-corrected chi connectivity index (χ0v) is 7.83. The quantitative estimate of drug-likeness (QED) is 0.668. The number of esters is 1. The fourth-order valence-electron chi connectivity index (χ4n) is 0.764. The molecule has 0 amide bonds.